The molecule has 1 aliphatic rings. The Bertz CT molecular complexity index is 328. The average molecular weight is 195 g/mol. The molecule has 1 aromatic carbocycles. The number of ketones is 1. The van der Waals surface area contributed by atoms with Crippen molar-refractivity contribution in [3.05, 3.63) is 34.9 Å². The molecule has 2 atom stereocenters. The zero-order valence-electron chi connectivity index (χ0n) is 7.46. The standard InChI is InChI=1S/C11H11ClO/c1-7(13)10-6-11(10)8-2-4-9(12)5-3-8/h2-5,10-11H,6H2,1H3. The van der Waals surface area contributed by atoms with Crippen LogP contribution in [0.4, 0.5) is 0 Å². The summed E-state index contributed by atoms with van der Waals surface area (Å²) in [6.45, 7) is 1.67. The maximum absolute atomic E-state index is 11.0. The number of carbonyl (C=O) groups is 1. The molecule has 0 saturated heterocycles. The van der Waals surface area contributed by atoms with Crippen LogP contribution in [0.2, 0.25) is 5.02 Å². The fourth-order valence-electron chi connectivity index (χ4n) is 1.72. The largest absolute Gasteiger partial charge is 0.300 e. The molecule has 68 valence electrons. The summed E-state index contributed by atoms with van der Waals surface area (Å²) in [4.78, 5) is 11.0. The highest BCUT2D eigenvalue weighted by Crippen LogP contribution is 2.47. The third-order valence-electron chi connectivity index (χ3n) is 2.61. The lowest BCUT2D eigenvalue weighted by atomic mass is 10.1. The Kier molecular flexibility index (Phi) is 2.12. The smallest absolute Gasteiger partial charge is 0.133 e. The highest BCUT2D eigenvalue weighted by molar-refractivity contribution is 6.30. The van der Waals surface area contributed by atoms with Crippen LogP contribution in [0.25, 0.3) is 0 Å². The first kappa shape index (κ1) is 8.76. The Morgan fingerprint density at radius 2 is 2.00 bits per heavy atom. The van der Waals surface area contributed by atoms with Gasteiger partial charge in [-0.25, -0.2) is 0 Å². The van der Waals surface area contributed by atoms with Gasteiger partial charge in [0.2, 0.25) is 0 Å². The van der Waals surface area contributed by atoms with E-state index in [-0.39, 0.29) is 5.92 Å². The van der Waals surface area contributed by atoms with Crippen LogP contribution in [-0.2, 0) is 4.79 Å². The monoisotopic (exact) mass is 194 g/mol. The van der Waals surface area contributed by atoms with Gasteiger partial charge in [0, 0.05) is 10.9 Å². The summed E-state index contributed by atoms with van der Waals surface area (Å²) in [6.07, 6.45) is 1.01. The van der Waals surface area contributed by atoms with Crippen molar-refractivity contribution in [2.24, 2.45) is 5.92 Å². The molecule has 1 aromatic rings. The molecule has 0 bridgehead atoms. The third-order valence-corrected chi connectivity index (χ3v) is 2.86. The van der Waals surface area contributed by atoms with Gasteiger partial charge in [-0.2, -0.15) is 0 Å². The van der Waals surface area contributed by atoms with Crippen molar-refractivity contribution < 1.29 is 4.79 Å². The molecule has 2 rings (SSSR count). The van der Waals surface area contributed by atoms with Crippen LogP contribution >= 0.6 is 11.6 Å². The SMILES string of the molecule is CC(=O)C1CC1c1ccc(Cl)cc1. The van der Waals surface area contributed by atoms with Crippen LogP contribution in [0.3, 0.4) is 0 Å². The minimum atomic E-state index is 0.265. The molecule has 0 amide bonds. The first-order chi connectivity index (χ1) is 6.18. The highest BCUT2D eigenvalue weighted by Gasteiger charge is 2.41. The van der Waals surface area contributed by atoms with Gasteiger partial charge in [0.25, 0.3) is 0 Å². The minimum absolute atomic E-state index is 0.265. The normalized spacial score (nSPS) is 25.7. The van der Waals surface area contributed by atoms with Gasteiger partial charge in [0.1, 0.15) is 5.78 Å². The lowest BCUT2D eigenvalue weighted by Crippen LogP contribution is -1.94. The lowest BCUT2D eigenvalue weighted by Gasteiger charge is -1.97. The van der Waals surface area contributed by atoms with Crippen molar-refractivity contribution in [3.8, 4) is 0 Å². The highest BCUT2D eigenvalue weighted by atomic mass is 35.5. The Hall–Kier alpha value is -0.820. The summed E-state index contributed by atoms with van der Waals surface area (Å²) in [6, 6.07) is 7.78. The molecule has 1 saturated carbocycles. The molecular formula is C11H11ClO. The van der Waals surface area contributed by atoms with Gasteiger partial charge in [-0.15, -0.1) is 0 Å². The van der Waals surface area contributed by atoms with Gasteiger partial charge < -0.3 is 0 Å². The molecule has 0 N–H and O–H groups in total. The summed E-state index contributed by atoms with van der Waals surface area (Å²) in [5, 5.41) is 0.753. The topological polar surface area (TPSA) is 17.1 Å². The van der Waals surface area contributed by atoms with E-state index in [1.165, 1.54) is 5.56 Å². The van der Waals surface area contributed by atoms with Gasteiger partial charge in [-0.3, -0.25) is 4.79 Å². The van der Waals surface area contributed by atoms with E-state index in [1.54, 1.807) is 6.92 Å². The molecule has 13 heavy (non-hydrogen) atoms. The van der Waals surface area contributed by atoms with Crippen LogP contribution in [0, 0.1) is 5.92 Å². The second-order valence-electron chi connectivity index (χ2n) is 3.61. The van der Waals surface area contributed by atoms with E-state index >= 15 is 0 Å². The van der Waals surface area contributed by atoms with E-state index in [0.29, 0.717) is 11.7 Å². The zero-order chi connectivity index (χ0) is 9.42. The molecule has 1 aliphatic carbocycles. The fourth-order valence-corrected chi connectivity index (χ4v) is 1.85. The van der Waals surface area contributed by atoms with E-state index in [1.807, 2.05) is 24.3 Å². The van der Waals surface area contributed by atoms with E-state index in [0.717, 1.165) is 11.4 Å². The number of hydrogen-bond acceptors (Lipinski definition) is 1. The number of halogens is 1. The molecule has 0 heterocycles. The van der Waals surface area contributed by atoms with Crippen molar-refractivity contribution in [2.75, 3.05) is 0 Å². The molecule has 0 radical (unpaired) electrons. The molecule has 2 unspecified atom stereocenters. The summed E-state index contributed by atoms with van der Waals surface area (Å²) in [5.41, 5.74) is 1.24. The maximum atomic E-state index is 11.0. The first-order valence-electron chi connectivity index (χ1n) is 4.44. The Balaban J connectivity index is 2.12. The summed E-state index contributed by atoms with van der Waals surface area (Å²) >= 11 is 5.77. The van der Waals surface area contributed by atoms with E-state index in [2.05, 4.69) is 0 Å². The summed E-state index contributed by atoms with van der Waals surface area (Å²) < 4.78 is 0. The Morgan fingerprint density at radius 1 is 1.38 bits per heavy atom. The lowest BCUT2D eigenvalue weighted by molar-refractivity contribution is -0.118. The van der Waals surface area contributed by atoms with Gasteiger partial charge in [-0.1, -0.05) is 23.7 Å². The van der Waals surface area contributed by atoms with Crippen molar-refractivity contribution in [1.82, 2.24) is 0 Å². The maximum Gasteiger partial charge on any atom is 0.133 e. The van der Waals surface area contributed by atoms with Gasteiger partial charge in [-0.05, 0) is 37.0 Å². The molecule has 0 aromatic heterocycles. The second kappa shape index (κ2) is 3.15. The zero-order valence-corrected chi connectivity index (χ0v) is 8.21. The van der Waals surface area contributed by atoms with Crippen LogP contribution in [0.5, 0.6) is 0 Å². The van der Waals surface area contributed by atoms with Crippen molar-refractivity contribution in [1.29, 1.82) is 0 Å². The second-order valence-corrected chi connectivity index (χ2v) is 4.05. The number of benzene rings is 1. The predicted molar refractivity (Wildman–Crippen MR) is 53.0 cm³/mol. The number of hydrogen-bond donors (Lipinski definition) is 0. The van der Waals surface area contributed by atoms with Crippen molar-refractivity contribution in [2.45, 2.75) is 19.3 Å². The third kappa shape index (κ3) is 1.75. The molecule has 1 fully saturated rings. The molecule has 0 aliphatic heterocycles. The van der Waals surface area contributed by atoms with E-state index in [4.69, 9.17) is 11.6 Å². The molecular weight excluding hydrogens is 184 g/mol. The summed E-state index contributed by atoms with van der Waals surface area (Å²) in [7, 11) is 0. The van der Waals surface area contributed by atoms with Gasteiger partial charge in [0.15, 0.2) is 0 Å². The first-order valence-corrected chi connectivity index (χ1v) is 4.82. The van der Waals surface area contributed by atoms with Gasteiger partial charge >= 0.3 is 0 Å². The minimum Gasteiger partial charge on any atom is -0.300 e. The van der Waals surface area contributed by atoms with Crippen LogP contribution < -0.4 is 0 Å². The van der Waals surface area contributed by atoms with Crippen molar-refractivity contribution >= 4 is 17.4 Å². The fraction of sp³-hybridized carbons (Fsp3) is 0.364. The van der Waals surface area contributed by atoms with Gasteiger partial charge in [0.05, 0.1) is 0 Å². The van der Waals surface area contributed by atoms with Crippen LogP contribution in [0.15, 0.2) is 24.3 Å². The molecule has 1 nitrogen and oxygen atoms in total. The van der Waals surface area contributed by atoms with Crippen molar-refractivity contribution in [3.63, 3.8) is 0 Å². The summed E-state index contributed by atoms with van der Waals surface area (Å²) in [5.74, 6) is 1.02. The van der Waals surface area contributed by atoms with E-state index in [9.17, 15) is 4.79 Å². The van der Waals surface area contributed by atoms with Crippen LogP contribution in [0.1, 0.15) is 24.8 Å². The number of carbonyl (C=O) groups excluding carboxylic acids is 1. The quantitative estimate of drug-likeness (QED) is 0.708. The predicted octanol–water partition coefficient (Wildman–Crippen LogP) is 3.03. The average Bonchev–Trinajstić information content (AvgIpc) is 2.85. The van der Waals surface area contributed by atoms with Crippen LogP contribution in [-0.4, -0.2) is 5.78 Å². The number of rotatable bonds is 2. The Labute approximate surface area is 82.7 Å². The van der Waals surface area contributed by atoms with E-state index < -0.39 is 0 Å². The molecule has 2 heteroatoms. The molecule has 0 spiro atoms. The Morgan fingerprint density at radius 3 is 2.46 bits per heavy atom. The number of Topliss-reactive ketones (excluding diaryl/α,β-unsaturated/α-hetero) is 1.